The van der Waals surface area contributed by atoms with Gasteiger partial charge in [-0.3, -0.25) is 14.0 Å². The van der Waals surface area contributed by atoms with Crippen molar-refractivity contribution in [2.24, 2.45) is 0 Å². The number of halogens is 2. The average molecular weight is 283 g/mol. The van der Waals surface area contributed by atoms with Gasteiger partial charge in [0.1, 0.15) is 5.69 Å². The third-order valence-electron chi connectivity index (χ3n) is 2.87. The van der Waals surface area contributed by atoms with Gasteiger partial charge >= 0.3 is 6.55 Å². The molecule has 1 N–H and O–H groups in total. The normalized spacial score (nSPS) is 11.0. The van der Waals surface area contributed by atoms with Crippen LogP contribution in [0.5, 0.6) is 0 Å². The van der Waals surface area contributed by atoms with Crippen molar-refractivity contribution in [2.45, 2.75) is 26.4 Å². The van der Waals surface area contributed by atoms with E-state index < -0.39 is 12.5 Å². The fourth-order valence-electron chi connectivity index (χ4n) is 1.88. The van der Waals surface area contributed by atoms with Gasteiger partial charge in [-0.25, -0.2) is 0 Å². The molecule has 2 aromatic rings. The summed E-state index contributed by atoms with van der Waals surface area (Å²) in [7, 11) is 0. The van der Waals surface area contributed by atoms with Gasteiger partial charge < -0.3 is 5.32 Å². The zero-order valence-electron chi connectivity index (χ0n) is 11.0. The second kappa shape index (κ2) is 6.27. The molecule has 0 fully saturated rings. The Labute approximate surface area is 114 Å². The van der Waals surface area contributed by atoms with Crippen LogP contribution in [0.4, 0.5) is 8.78 Å². The maximum Gasteiger partial charge on any atom is 0.319 e. The zero-order chi connectivity index (χ0) is 14.5. The SMILES string of the molecule is Cc1ccc(C(=O)NCCCn2ccnn2)n1C(F)F. The number of carbonyl (C=O) groups excluding carboxylic acids is 1. The van der Waals surface area contributed by atoms with Gasteiger partial charge in [0, 0.05) is 25.0 Å². The third-order valence-corrected chi connectivity index (χ3v) is 2.87. The van der Waals surface area contributed by atoms with Crippen molar-refractivity contribution < 1.29 is 13.6 Å². The molecule has 0 saturated heterocycles. The summed E-state index contributed by atoms with van der Waals surface area (Å²) in [5, 5.41) is 10.1. The molecule has 0 aliphatic heterocycles. The summed E-state index contributed by atoms with van der Waals surface area (Å²) in [6.45, 7) is -0.199. The van der Waals surface area contributed by atoms with Gasteiger partial charge in [0.15, 0.2) is 0 Å². The molecule has 0 aliphatic rings. The fourth-order valence-corrected chi connectivity index (χ4v) is 1.88. The van der Waals surface area contributed by atoms with E-state index in [9.17, 15) is 13.6 Å². The van der Waals surface area contributed by atoms with Crippen molar-refractivity contribution in [1.29, 1.82) is 0 Å². The molecule has 0 saturated carbocycles. The summed E-state index contributed by atoms with van der Waals surface area (Å²) < 4.78 is 28.0. The first-order chi connectivity index (χ1) is 9.59. The second-order valence-electron chi connectivity index (χ2n) is 4.28. The minimum absolute atomic E-state index is 0.0294. The number of hydrogen-bond acceptors (Lipinski definition) is 3. The standard InChI is InChI=1S/C12H15F2N5O/c1-9-3-4-10(19(9)12(13)14)11(20)15-5-2-7-18-8-6-16-17-18/h3-4,6,8,12H,2,5,7H2,1H3,(H,15,20). The van der Waals surface area contributed by atoms with Gasteiger partial charge in [-0.05, 0) is 25.5 Å². The molecule has 8 heteroatoms. The minimum atomic E-state index is -2.72. The van der Waals surface area contributed by atoms with E-state index in [0.717, 1.165) is 0 Å². The first-order valence-electron chi connectivity index (χ1n) is 6.18. The first-order valence-corrected chi connectivity index (χ1v) is 6.18. The second-order valence-corrected chi connectivity index (χ2v) is 4.28. The predicted molar refractivity (Wildman–Crippen MR) is 67.4 cm³/mol. The molecule has 108 valence electrons. The van der Waals surface area contributed by atoms with Gasteiger partial charge in [0.25, 0.3) is 5.91 Å². The lowest BCUT2D eigenvalue weighted by molar-refractivity contribution is 0.0618. The minimum Gasteiger partial charge on any atom is -0.351 e. The Balaban J connectivity index is 1.86. The van der Waals surface area contributed by atoms with Crippen LogP contribution < -0.4 is 5.32 Å². The largest absolute Gasteiger partial charge is 0.351 e. The van der Waals surface area contributed by atoms with Crippen molar-refractivity contribution in [3.8, 4) is 0 Å². The summed E-state index contributed by atoms with van der Waals surface area (Å²) in [6.07, 6.45) is 3.92. The van der Waals surface area contributed by atoms with Gasteiger partial charge in [0.05, 0.1) is 6.20 Å². The van der Waals surface area contributed by atoms with E-state index in [0.29, 0.717) is 29.8 Å². The molecule has 2 aromatic heterocycles. The maximum absolute atomic E-state index is 12.8. The molecule has 0 aliphatic carbocycles. The summed E-state index contributed by atoms with van der Waals surface area (Å²) in [5.41, 5.74) is 0.325. The molecule has 20 heavy (non-hydrogen) atoms. The Morgan fingerprint density at radius 1 is 1.45 bits per heavy atom. The lowest BCUT2D eigenvalue weighted by Crippen LogP contribution is -2.28. The molecule has 6 nitrogen and oxygen atoms in total. The monoisotopic (exact) mass is 283 g/mol. The van der Waals surface area contributed by atoms with Crippen LogP contribution in [0.2, 0.25) is 0 Å². The number of aromatic nitrogens is 4. The number of hydrogen-bond donors (Lipinski definition) is 1. The highest BCUT2D eigenvalue weighted by Gasteiger charge is 2.18. The highest BCUT2D eigenvalue weighted by Crippen LogP contribution is 2.18. The number of aryl methyl sites for hydroxylation is 2. The molecule has 2 rings (SSSR count). The molecular formula is C12H15F2N5O. The Bertz CT molecular complexity index is 564. The molecule has 2 heterocycles. The summed E-state index contributed by atoms with van der Waals surface area (Å²) in [6, 6.07) is 2.89. The lowest BCUT2D eigenvalue weighted by Gasteiger charge is -2.10. The Morgan fingerprint density at radius 2 is 2.25 bits per heavy atom. The Kier molecular flexibility index (Phi) is 4.44. The quantitative estimate of drug-likeness (QED) is 0.819. The van der Waals surface area contributed by atoms with E-state index in [4.69, 9.17) is 0 Å². The number of rotatable bonds is 6. The lowest BCUT2D eigenvalue weighted by atomic mass is 10.3. The van der Waals surface area contributed by atoms with Crippen molar-refractivity contribution in [2.75, 3.05) is 6.54 Å². The number of carbonyl (C=O) groups is 1. The van der Waals surface area contributed by atoms with Crippen molar-refractivity contribution in [1.82, 2.24) is 24.9 Å². The van der Waals surface area contributed by atoms with Crippen molar-refractivity contribution in [3.63, 3.8) is 0 Å². The highest BCUT2D eigenvalue weighted by atomic mass is 19.3. The Hall–Kier alpha value is -2.25. The van der Waals surface area contributed by atoms with Crippen LogP contribution in [0.3, 0.4) is 0 Å². The number of alkyl halides is 2. The van der Waals surface area contributed by atoms with E-state index in [-0.39, 0.29) is 5.69 Å². The van der Waals surface area contributed by atoms with E-state index in [1.54, 1.807) is 17.1 Å². The first kappa shape index (κ1) is 14.2. The van der Waals surface area contributed by atoms with Gasteiger partial charge in [-0.2, -0.15) is 8.78 Å². The van der Waals surface area contributed by atoms with Gasteiger partial charge in [-0.1, -0.05) is 5.21 Å². The highest BCUT2D eigenvalue weighted by molar-refractivity contribution is 5.92. The molecule has 0 aromatic carbocycles. The zero-order valence-corrected chi connectivity index (χ0v) is 11.0. The van der Waals surface area contributed by atoms with Crippen LogP contribution in [0.25, 0.3) is 0 Å². The van der Waals surface area contributed by atoms with Crippen LogP contribution in [-0.2, 0) is 6.54 Å². The van der Waals surface area contributed by atoms with Crippen LogP contribution in [0.1, 0.15) is 29.2 Å². The number of nitrogens with zero attached hydrogens (tertiary/aromatic N) is 4. The van der Waals surface area contributed by atoms with Crippen LogP contribution in [0, 0.1) is 6.92 Å². The van der Waals surface area contributed by atoms with E-state index in [1.165, 1.54) is 19.1 Å². The molecule has 0 spiro atoms. The molecule has 0 unspecified atom stereocenters. The number of nitrogens with one attached hydrogen (secondary N) is 1. The van der Waals surface area contributed by atoms with Crippen LogP contribution in [-0.4, -0.2) is 32.0 Å². The van der Waals surface area contributed by atoms with Gasteiger partial charge in [0.2, 0.25) is 0 Å². The van der Waals surface area contributed by atoms with Crippen LogP contribution in [0.15, 0.2) is 24.5 Å². The Morgan fingerprint density at radius 3 is 2.90 bits per heavy atom. The fraction of sp³-hybridized carbons (Fsp3) is 0.417. The smallest absolute Gasteiger partial charge is 0.319 e. The summed E-state index contributed by atoms with van der Waals surface area (Å²) in [5.74, 6) is -0.503. The summed E-state index contributed by atoms with van der Waals surface area (Å²) >= 11 is 0. The maximum atomic E-state index is 12.8. The van der Waals surface area contributed by atoms with E-state index >= 15 is 0 Å². The molecule has 0 bridgehead atoms. The third kappa shape index (κ3) is 3.19. The van der Waals surface area contributed by atoms with Crippen molar-refractivity contribution >= 4 is 5.91 Å². The van der Waals surface area contributed by atoms with Gasteiger partial charge in [-0.15, -0.1) is 5.10 Å². The molecule has 0 radical (unpaired) electrons. The van der Waals surface area contributed by atoms with E-state index in [1.807, 2.05) is 0 Å². The number of amides is 1. The summed E-state index contributed by atoms with van der Waals surface area (Å²) in [4.78, 5) is 11.8. The topological polar surface area (TPSA) is 64.7 Å². The van der Waals surface area contributed by atoms with E-state index in [2.05, 4.69) is 15.6 Å². The predicted octanol–water partition coefficient (Wildman–Crippen LogP) is 1.60. The average Bonchev–Trinajstić information content (AvgIpc) is 3.03. The molecule has 1 amide bonds. The molecular weight excluding hydrogens is 268 g/mol. The molecule has 0 atom stereocenters. The van der Waals surface area contributed by atoms with Crippen molar-refractivity contribution in [3.05, 3.63) is 35.9 Å². The van der Waals surface area contributed by atoms with Crippen LogP contribution >= 0.6 is 0 Å².